The molecule has 0 saturated carbocycles. The summed E-state index contributed by atoms with van der Waals surface area (Å²) in [6.07, 6.45) is 0. The Morgan fingerprint density at radius 1 is 1.15 bits per heavy atom. The summed E-state index contributed by atoms with van der Waals surface area (Å²) in [5.41, 5.74) is 2.04. The fraction of sp³-hybridized carbons (Fsp3) is 0.188. The van der Waals surface area contributed by atoms with Crippen molar-refractivity contribution in [2.45, 2.75) is 20.8 Å². The van der Waals surface area contributed by atoms with Crippen LogP contribution in [0.5, 0.6) is 11.5 Å². The second kappa shape index (κ2) is 5.63. The predicted octanol–water partition coefficient (Wildman–Crippen LogP) is 5.09. The predicted molar refractivity (Wildman–Crippen MR) is 77.4 cm³/mol. The molecule has 20 heavy (non-hydrogen) atoms. The van der Waals surface area contributed by atoms with Crippen LogP contribution in [0.3, 0.4) is 0 Å². The van der Waals surface area contributed by atoms with Crippen molar-refractivity contribution in [2.24, 2.45) is 0 Å². The number of ketones is 1. The molecule has 0 N–H and O–H groups in total. The molecule has 2 nitrogen and oxygen atoms in total. The van der Waals surface area contributed by atoms with E-state index in [1.54, 1.807) is 12.1 Å². The van der Waals surface area contributed by atoms with E-state index in [9.17, 15) is 9.18 Å². The lowest BCUT2D eigenvalue weighted by Gasteiger charge is -2.10. The van der Waals surface area contributed by atoms with Crippen LogP contribution >= 0.6 is 11.6 Å². The number of benzene rings is 2. The number of halogens is 2. The van der Waals surface area contributed by atoms with Gasteiger partial charge in [0, 0.05) is 10.6 Å². The number of Topliss-reactive ketones (excluding diaryl/α,β-unsaturated/α-hetero) is 1. The van der Waals surface area contributed by atoms with E-state index in [1.165, 1.54) is 25.1 Å². The van der Waals surface area contributed by atoms with Gasteiger partial charge in [0.25, 0.3) is 0 Å². The topological polar surface area (TPSA) is 26.3 Å². The highest BCUT2D eigenvalue weighted by molar-refractivity contribution is 6.32. The summed E-state index contributed by atoms with van der Waals surface area (Å²) < 4.78 is 19.4. The van der Waals surface area contributed by atoms with E-state index in [0.717, 1.165) is 11.1 Å². The quantitative estimate of drug-likeness (QED) is 0.736. The molecule has 0 aromatic heterocycles. The highest BCUT2D eigenvalue weighted by Crippen LogP contribution is 2.30. The standard InChI is InChI=1S/C16H14ClFO2/c1-9-6-13(7-10(2)16(9)17)20-15-5-4-12(11(3)19)8-14(15)18/h4-8H,1-3H3. The fourth-order valence-electron chi connectivity index (χ4n) is 1.89. The summed E-state index contributed by atoms with van der Waals surface area (Å²) in [6, 6.07) is 7.65. The fourth-order valence-corrected chi connectivity index (χ4v) is 2.00. The first kappa shape index (κ1) is 14.5. The van der Waals surface area contributed by atoms with Crippen molar-refractivity contribution in [3.05, 3.63) is 57.9 Å². The molecule has 0 atom stereocenters. The van der Waals surface area contributed by atoms with Gasteiger partial charge in [-0.3, -0.25) is 4.79 Å². The van der Waals surface area contributed by atoms with Crippen molar-refractivity contribution in [2.75, 3.05) is 0 Å². The number of hydrogen-bond donors (Lipinski definition) is 0. The average Bonchev–Trinajstić information content (AvgIpc) is 2.38. The molecule has 0 aliphatic heterocycles. The first-order chi connectivity index (χ1) is 9.38. The van der Waals surface area contributed by atoms with Crippen LogP contribution in [0.25, 0.3) is 0 Å². The minimum Gasteiger partial charge on any atom is -0.454 e. The van der Waals surface area contributed by atoms with Crippen LogP contribution in [0.4, 0.5) is 4.39 Å². The molecule has 0 aliphatic rings. The largest absolute Gasteiger partial charge is 0.454 e. The number of carbonyl (C=O) groups is 1. The Kier molecular flexibility index (Phi) is 4.09. The van der Waals surface area contributed by atoms with Gasteiger partial charge in [-0.25, -0.2) is 4.39 Å². The second-order valence-corrected chi connectivity index (χ2v) is 5.05. The molecule has 0 heterocycles. The summed E-state index contributed by atoms with van der Waals surface area (Å²) in [4.78, 5) is 11.2. The summed E-state index contributed by atoms with van der Waals surface area (Å²) in [7, 11) is 0. The van der Waals surface area contributed by atoms with E-state index in [2.05, 4.69) is 0 Å². The Morgan fingerprint density at radius 3 is 2.25 bits per heavy atom. The molecule has 2 aromatic carbocycles. The molecular weight excluding hydrogens is 279 g/mol. The van der Waals surface area contributed by atoms with Crippen molar-refractivity contribution in [1.82, 2.24) is 0 Å². The number of hydrogen-bond acceptors (Lipinski definition) is 2. The van der Waals surface area contributed by atoms with Crippen LogP contribution in [0, 0.1) is 19.7 Å². The van der Waals surface area contributed by atoms with Gasteiger partial charge in [0.15, 0.2) is 17.3 Å². The smallest absolute Gasteiger partial charge is 0.166 e. The van der Waals surface area contributed by atoms with Crippen molar-refractivity contribution in [1.29, 1.82) is 0 Å². The van der Waals surface area contributed by atoms with Gasteiger partial charge < -0.3 is 4.74 Å². The highest BCUT2D eigenvalue weighted by Gasteiger charge is 2.10. The Bertz CT molecular complexity index is 657. The van der Waals surface area contributed by atoms with Gasteiger partial charge in [-0.1, -0.05) is 11.6 Å². The monoisotopic (exact) mass is 292 g/mol. The minimum absolute atomic E-state index is 0.0797. The van der Waals surface area contributed by atoms with Gasteiger partial charge >= 0.3 is 0 Å². The molecule has 0 amide bonds. The molecule has 2 rings (SSSR count). The van der Waals surface area contributed by atoms with Crippen LogP contribution in [-0.4, -0.2) is 5.78 Å². The highest BCUT2D eigenvalue weighted by atomic mass is 35.5. The Labute approximate surface area is 122 Å². The molecule has 0 saturated heterocycles. The van der Waals surface area contributed by atoms with E-state index < -0.39 is 5.82 Å². The number of aryl methyl sites for hydroxylation is 2. The lowest BCUT2D eigenvalue weighted by atomic mass is 10.1. The molecule has 0 unspecified atom stereocenters. The van der Waals surface area contributed by atoms with E-state index in [1.807, 2.05) is 13.8 Å². The van der Waals surface area contributed by atoms with Gasteiger partial charge in [0.2, 0.25) is 0 Å². The molecule has 104 valence electrons. The maximum atomic E-state index is 13.9. The van der Waals surface area contributed by atoms with Gasteiger partial charge in [-0.15, -0.1) is 0 Å². The summed E-state index contributed by atoms with van der Waals surface area (Å²) >= 11 is 6.07. The molecule has 0 aliphatic carbocycles. The minimum atomic E-state index is -0.567. The third-order valence-corrected chi connectivity index (χ3v) is 3.57. The first-order valence-electron chi connectivity index (χ1n) is 6.13. The number of rotatable bonds is 3. The Balaban J connectivity index is 2.33. The van der Waals surface area contributed by atoms with E-state index >= 15 is 0 Å². The van der Waals surface area contributed by atoms with Crippen LogP contribution in [-0.2, 0) is 0 Å². The molecular formula is C16H14ClFO2. The number of ether oxygens (including phenoxy) is 1. The lowest BCUT2D eigenvalue weighted by Crippen LogP contribution is -1.96. The van der Waals surface area contributed by atoms with Gasteiger partial charge in [-0.05, 0) is 62.2 Å². The van der Waals surface area contributed by atoms with Crippen LogP contribution < -0.4 is 4.74 Å². The average molecular weight is 293 g/mol. The molecule has 0 spiro atoms. The number of carbonyl (C=O) groups excluding carboxylic acids is 1. The summed E-state index contributed by atoms with van der Waals surface area (Å²) in [5, 5.41) is 0.671. The zero-order valence-electron chi connectivity index (χ0n) is 11.5. The van der Waals surface area contributed by atoms with Gasteiger partial charge in [0.1, 0.15) is 5.75 Å². The zero-order chi connectivity index (χ0) is 14.9. The molecule has 0 fully saturated rings. The molecule has 4 heteroatoms. The second-order valence-electron chi connectivity index (χ2n) is 4.67. The van der Waals surface area contributed by atoms with Crippen LogP contribution in [0.1, 0.15) is 28.4 Å². The third kappa shape index (κ3) is 2.99. The first-order valence-corrected chi connectivity index (χ1v) is 6.51. The van der Waals surface area contributed by atoms with E-state index in [0.29, 0.717) is 16.3 Å². The lowest BCUT2D eigenvalue weighted by molar-refractivity contribution is 0.101. The normalized spacial score (nSPS) is 10.4. The van der Waals surface area contributed by atoms with Crippen molar-refractivity contribution in [3.63, 3.8) is 0 Å². The van der Waals surface area contributed by atoms with Gasteiger partial charge in [0.05, 0.1) is 0 Å². The third-order valence-electron chi connectivity index (χ3n) is 2.98. The zero-order valence-corrected chi connectivity index (χ0v) is 12.2. The van der Waals surface area contributed by atoms with Crippen molar-refractivity contribution in [3.8, 4) is 11.5 Å². The van der Waals surface area contributed by atoms with Crippen LogP contribution in [0.15, 0.2) is 30.3 Å². The van der Waals surface area contributed by atoms with E-state index in [-0.39, 0.29) is 11.5 Å². The Morgan fingerprint density at radius 2 is 1.75 bits per heavy atom. The summed E-state index contributed by atoms with van der Waals surface area (Å²) in [6.45, 7) is 5.11. The molecule has 0 bridgehead atoms. The summed E-state index contributed by atoms with van der Waals surface area (Å²) in [5.74, 6) is -0.161. The maximum Gasteiger partial charge on any atom is 0.166 e. The van der Waals surface area contributed by atoms with Crippen molar-refractivity contribution < 1.29 is 13.9 Å². The van der Waals surface area contributed by atoms with Gasteiger partial charge in [-0.2, -0.15) is 0 Å². The molecule has 0 radical (unpaired) electrons. The van der Waals surface area contributed by atoms with E-state index in [4.69, 9.17) is 16.3 Å². The SMILES string of the molecule is CC(=O)c1ccc(Oc2cc(C)c(Cl)c(C)c2)c(F)c1. The Hall–Kier alpha value is -1.87. The molecule has 2 aromatic rings. The van der Waals surface area contributed by atoms with Crippen LogP contribution in [0.2, 0.25) is 5.02 Å². The van der Waals surface area contributed by atoms with Crippen molar-refractivity contribution >= 4 is 17.4 Å². The maximum absolute atomic E-state index is 13.9.